The van der Waals surface area contributed by atoms with E-state index in [9.17, 15) is 47.0 Å². The number of carbonyl (C=O) groups excluding carboxylic acids is 5. The van der Waals surface area contributed by atoms with Gasteiger partial charge in [-0.05, 0) is 127 Å². The predicted molar refractivity (Wildman–Crippen MR) is 359 cm³/mol. The largest absolute Gasteiger partial charge is 0.477 e. The Morgan fingerprint density at radius 1 is 0.442 bits per heavy atom. The lowest BCUT2D eigenvalue weighted by molar-refractivity contribution is -0.118. The topological polar surface area (TPSA) is 232 Å². The quantitative estimate of drug-likeness (QED) is 0.0639. The first-order chi connectivity index (χ1) is 45.7. The van der Waals surface area contributed by atoms with E-state index in [4.69, 9.17) is 23.7 Å². The van der Waals surface area contributed by atoms with Gasteiger partial charge in [0.05, 0.1) is 50.6 Å². The number of urea groups is 1. The second-order valence-corrected chi connectivity index (χ2v) is 24.5. The number of rotatable bonds is 19. The standard InChI is InChI=1S/C25H20FNO4S.C24H18FNO4S.C23H18FN3O4S/c1-15-3-8-20(26)17(11-15)13-18(28)12-16-4-6-19(7-5-16)31-22-9-10-27-21-14-23(25(29)30-2)32-24(21)22;1-14-2-7-19(25)16(10-14)12-17(27)11-15-3-5-18(6-4-15)30-21-8-9-26-20-13-22(24(28)29)31-23(20)21;1-13-6-7-16(24)17(10-13)27-23(29)26-14-4-3-5-15(11-14)31-19-8-9-25-18-12-20(22(28)30-2)32-21(18)19/h3-11,14H,12-13H2,1-2H3;2-10,13H,11-12H2,1H3,(H,28,29);3-12H,1-2H3,(H2,26,27,29). The number of fused-ring (bicyclic) bond motifs is 3. The number of ether oxygens (including phenoxy) is 5. The normalized spacial score (nSPS) is 10.8. The number of nitrogens with zero attached hydrogens (tertiary/aromatic N) is 3. The minimum absolute atomic E-state index is 0.0467. The number of anilines is 2. The zero-order valence-corrected chi connectivity index (χ0v) is 53.7. The summed E-state index contributed by atoms with van der Waals surface area (Å²) in [6, 6.07) is 44.3. The second kappa shape index (κ2) is 30.5. The highest BCUT2D eigenvalue weighted by Gasteiger charge is 2.19. The third-order valence-corrected chi connectivity index (χ3v) is 17.4. The van der Waals surface area contributed by atoms with Gasteiger partial charge < -0.3 is 39.4 Å². The summed E-state index contributed by atoms with van der Waals surface area (Å²) in [7, 11) is 2.65. The second-order valence-electron chi connectivity index (χ2n) is 21.3. The minimum atomic E-state index is -1.01. The molecule has 3 N–H and O–H groups in total. The van der Waals surface area contributed by atoms with E-state index < -0.39 is 29.8 Å². The van der Waals surface area contributed by atoms with Gasteiger partial charge in [-0.2, -0.15) is 0 Å². The molecule has 17 nitrogen and oxygen atoms in total. The average Bonchev–Trinajstić information content (AvgIpc) is 1.70. The van der Waals surface area contributed by atoms with Crippen LogP contribution in [0.25, 0.3) is 30.6 Å². The van der Waals surface area contributed by atoms with Crippen LogP contribution in [0.1, 0.15) is 68.0 Å². The van der Waals surface area contributed by atoms with Crippen molar-refractivity contribution in [1.82, 2.24) is 15.0 Å². The summed E-state index contributed by atoms with van der Waals surface area (Å²) in [6.07, 6.45) is 5.27. The Labute approximate surface area is 553 Å². The maximum absolute atomic E-state index is 13.9. The van der Waals surface area contributed by atoms with Crippen molar-refractivity contribution in [2.24, 2.45) is 0 Å². The molecule has 0 aliphatic heterocycles. The maximum atomic E-state index is 13.9. The zero-order chi connectivity index (χ0) is 67.3. The zero-order valence-electron chi connectivity index (χ0n) is 51.3. The number of ketones is 2. The fourth-order valence-corrected chi connectivity index (χ4v) is 12.4. The summed E-state index contributed by atoms with van der Waals surface area (Å²) in [5, 5.41) is 14.3. The first-order valence-electron chi connectivity index (χ1n) is 29.0. The van der Waals surface area contributed by atoms with E-state index in [0.717, 1.165) is 43.9 Å². The van der Waals surface area contributed by atoms with Crippen LogP contribution in [-0.2, 0) is 44.7 Å². The van der Waals surface area contributed by atoms with Crippen LogP contribution in [0.3, 0.4) is 0 Å². The SMILES string of the molecule is COC(=O)c1cc2nccc(Oc3ccc(CC(=O)Cc4cc(C)ccc4F)cc3)c2s1.COC(=O)c1cc2nccc(Oc3cccc(NC(=O)Nc4cc(C)ccc4F)c3)c2s1.Cc1ccc(F)c(CC(=O)Cc2ccc(Oc3ccnc4cc(C(=O)O)sc34)cc2)c1. The number of amides is 2. The first-order valence-corrected chi connectivity index (χ1v) is 31.4. The number of nitrogens with one attached hydrogen (secondary N) is 2. The first kappa shape index (κ1) is 66.8. The molecule has 12 rings (SSSR count). The molecule has 0 aliphatic rings. The third kappa shape index (κ3) is 17.5. The van der Waals surface area contributed by atoms with Gasteiger partial charge in [0.1, 0.15) is 78.1 Å². The summed E-state index contributed by atoms with van der Waals surface area (Å²) in [6.45, 7) is 5.54. The highest BCUT2D eigenvalue weighted by atomic mass is 32.1. The molecule has 6 aromatic carbocycles. The molecule has 480 valence electrons. The molecule has 6 heterocycles. The van der Waals surface area contributed by atoms with Crippen molar-refractivity contribution in [2.75, 3.05) is 24.9 Å². The monoisotopic (exact) mass is 1340 g/mol. The molecule has 2 amide bonds. The number of carboxylic acids is 1. The van der Waals surface area contributed by atoms with Gasteiger partial charge in [0.2, 0.25) is 0 Å². The molecule has 0 spiro atoms. The number of aryl methyl sites for hydroxylation is 3. The van der Waals surface area contributed by atoms with E-state index in [2.05, 4.69) is 25.6 Å². The number of benzene rings is 6. The van der Waals surface area contributed by atoms with Gasteiger partial charge in [-0.1, -0.05) is 71.8 Å². The van der Waals surface area contributed by atoms with Crippen LogP contribution in [0, 0.1) is 38.2 Å². The van der Waals surface area contributed by atoms with Crippen molar-refractivity contribution >= 4 is 112 Å². The Hall–Kier alpha value is -11.1. The van der Waals surface area contributed by atoms with E-state index in [1.54, 1.807) is 153 Å². The summed E-state index contributed by atoms with van der Waals surface area (Å²) in [4.78, 5) is 85.7. The van der Waals surface area contributed by atoms with Crippen molar-refractivity contribution in [1.29, 1.82) is 0 Å². The van der Waals surface area contributed by atoms with Gasteiger partial charge in [-0.3, -0.25) is 24.5 Å². The molecule has 0 aliphatic carbocycles. The molecule has 0 bridgehead atoms. The van der Waals surface area contributed by atoms with Gasteiger partial charge in [0.15, 0.2) is 0 Å². The predicted octanol–water partition coefficient (Wildman–Crippen LogP) is 17.2. The van der Waals surface area contributed by atoms with E-state index in [1.807, 2.05) is 26.0 Å². The summed E-state index contributed by atoms with van der Waals surface area (Å²) >= 11 is 3.57. The van der Waals surface area contributed by atoms with E-state index in [-0.39, 0.29) is 59.4 Å². The van der Waals surface area contributed by atoms with Crippen molar-refractivity contribution < 1.29 is 70.7 Å². The lowest BCUT2D eigenvalue weighted by Crippen LogP contribution is -2.20. The highest BCUT2D eigenvalue weighted by molar-refractivity contribution is 7.21. The number of methoxy groups -OCH3 is 2. The van der Waals surface area contributed by atoms with Crippen molar-refractivity contribution in [3.8, 4) is 34.5 Å². The van der Waals surface area contributed by atoms with Gasteiger partial charge in [0, 0.05) is 74.2 Å². The molecule has 6 aromatic heterocycles. The molecule has 23 heteroatoms. The molecule has 0 atom stereocenters. The smallest absolute Gasteiger partial charge is 0.348 e. The molecule has 0 saturated carbocycles. The van der Waals surface area contributed by atoms with Crippen molar-refractivity contribution in [3.63, 3.8) is 0 Å². The molecule has 95 heavy (non-hydrogen) atoms. The molecule has 0 radical (unpaired) electrons. The minimum Gasteiger partial charge on any atom is -0.477 e. The number of Topliss-reactive ketones (excluding diaryl/α,β-unsaturated/α-hetero) is 2. The summed E-state index contributed by atoms with van der Waals surface area (Å²) in [5.41, 5.74) is 7.47. The Bertz CT molecular complexity index is 4860. The van der Waals surface area contributed by atoms with Gasteiger partial charge >= 0.3 is 23.9 Å². The average molecular weight is 1340 g/mol. The highest BCUT2D eigenvalue weighted by Crippen LogP contribution is 2.39. The number of aromatic nitrogens is 3. The molecule has 12 aromatic rings. The van der Waals surface area contributed by atoms with E-state index in [1.165, 1.54) is 61.2 Å². The number of halogens is 3. The third-order valence-electron chi connectivity index (χ3n) is 14.1. The van der Waals surface area contributed by atoms with Gasteiger partial charge in [-0.25, -0.2) is 32.3 Å². The lowest BCUT2D eigenvalue weighted by Gasteiger charge is -2.11. The van der Waals surface area contributed by atoms with Crippen LogP contribution >= 0.6 is 34.0 Å². The van der Waals surface area contributed by atoms with Crippen LogP contribution < -0.4 is 24.8 Å². The Morgan fingerprint density at radius 2 is 0.853 bits per heavy atom. The Morgan fingerprint density at radius 3 is 1.29 bits per heavy atom. The fraction of sp³-hybridized carbons (Fsp3) is 0.125. The number of hydrogen-bond donors (Lipinski definition) is 3. The fourth-order valence-electron chi connectivity index (χ4n) is 9.56. The van der Waals surface area contributed by atoms with Crippen molar-refractivity contribution in [3.05, 3.63) is 253 Å². The molecular weight excluding hydrogens is 1280 g/mol. The molecule has 0 fully saturated rings. The van der Waals surface area contributed by atoms with Crippen LogP contribution in [0.15, 0.2) is 182 Å². The lowest BCUT2D eigenvalue weighted by atomic mass is 10.0. The number of carbonyl (C=O) groups is 6. The van der Waals surface area contributed by atoms with E-state index >= 15 is 0 Å². The number of hydrogen-bond acceptors (Lipinski definition) is 17. The van der Waals surface area contributed by atoms with Crippen LogP contribution in [0.2, 0.25) is 0 Å². The van der Waals surface area contributed by atoms with Crippen LogP contribution in [-0.4, -0.2) is 69.8 Å². The summed E-state index contributed by atoms with van der Waals surface area (Å²) < 4.78 is 71.2. The number of pyridine rings is 3. The molecule has 0 saturated heterocycles. The van der Waals surface area contributed by atoms with Gasteiger partial charge in [-0.15, -0.1) is 34.0 Å². The van der Waals surface area contributed by atoms with Crippen molar-refractivity contribution in [2.45, 2.75) is 46.5 Å². The van der Waals surface area contributed by atoms with E-state index in [0.29, 0.717) is 87.0 Å². The molecule has 0 unspecified atom stereocenters. The number of esters is 2. The summed E-state index contributed by atoms with van der Waals surface area (Å²) in [5.74, 6) is -0.0444. The Kier molecular flexibility index (Phi) is 21.5. The number of thiophene rings is 3. The van der Waals surface area contributed by atoms with Crippen LogP contribution in [0.4, 0.5) is 29.3 Å². The van der Waals surface area contributed by atoms with Crippen LogP contribution in [0.5, 0.6) is 34.5 Å². The number of aromatic carboxylic acids is 1. The maximum Gasteiger partial charge on any atom is 0.348 e. The Balaban J connectivity index is 0.000000155. The number of carboxylic acid groups (broad SMARTS) is 1. The molecular formula is C72H56F3N5O12S3. The van der Waals surface area contributed by atoms with Gasteiger partial charge in [0.25, 0.3) is 0 Å².